The van der Waals surface area contributed by atoms with Crippen molar-refractivity contribution in [3.8, 4) is 16.9 Å². The van der Waals surface area contributed by atoms with Crippen molar-refractivity contribution < 1.29 is 26.7 Å². The number of benzene rings is 4. The van der Waals surface area contributed by atoms with Gasteiger partial charge in [-0.3, -0.25) is 4.79 Å². The lowest BCUT2D eigenvalue weighted by atomic mass is 9.94. The number of nitrogens with one attached hydrogen (secondary N) is 1. The second-order valence-electron chi connectivity index (χ2n) is 13.3. The van der Waals surface area contributed by atoms with Gasteiger partial charge in [-0.1, -0.05) is 60.1 Å². The first kappa shape index (κ1) is 33.0. The fraction of sp³-hybridized carbons (Fsp3) is 0.378. The number of carbonyl (C=O) groups is 1. The third-order valence-corrected chi connectivity index (χ3v) is 11.7. The predicted octanol–water partition coefficient (Wildman–Crippen LogP) is 7.40. The Morgan fingerprint density at radius 2 is 1.44 bits per heavy atom. The number of alkyl halides is 2. The lowest BCUT2D eigenvalue weighted by Gasteiger charge is -2.41. The molecule has 1 amide bonds. The third kappa shape index (κ3) is 6.55. The Morgan fingerprint density at radius 1 is 0.854 bits per heavy atom. The number of rotatable bonds is 9. The summed E-state index contributed by atoms with van der Waals surface area (Å²) >= 11 is 6.00. The molecular formula is C37H38ClF2N3O4S. The molecule has 0 aromatic heterocycles. The fourth-order valence-corrected chi connectivity index (χ4v) is 8.92. The molecule has 1 saturated carbocycles. The van der Waals surface area contributed by atoms with E-state index in [4.69, 9.17) is 22.1 Å². The van der Waals surface area contributed by atoms with Gasteiger partial charge in [0.15, 0.2) is 6.04 Å². The van der Waals surface area contributed by atoms with Crippen LogP contribution in [0, 0.1) is 0 Å². The molecule has 0 radical (unpaired) electrons. The largest absolute Gasteiger partial charge is 0.490 e. The minimum atomic E-state index is -4.58. The van der Waals surface area contributed by atoms with E-state index in [9.17, 15) is 13.2 Å². The van der Waals surface area contributed by atoms with Gasteiger partial charge >= 0.3 is 0 Å². The number of fused-ring (bicyclic) bond motifs is 3. The smallest absolute Gasteiger partial charge is 0.298 e. The molecule has 4 aromatic carbocycles. The number of nitrogens with two attached hydrogens (primary N) is 1. The van der Waals surface area contributed by atoms with Gasteiger partial charge in [-0.25, -0.2) is 8.42 Å². The maximum Gasteiger partial charge on any atom is 0.298 e. The van der Waals surface area contributed by atoms with Crippen molar-refractivity contribution in [2.24, 2.45) is 5.73 Å². The number of halogens is 3. The van der Waals surface area contributed by atoms with Gasteiger partial charge in [0.1, 0.15) is 5.75 Å². The molecule has 7 rings (SSSR count). The Balaban J connectivity index is 1.20. The number of carbonyl (C=O) groups excluding carboxylic acids is 1. The van der Waals surface area contributed by atoms with E-state index in [1.54, 1.807) is 42.5 Å². The first-order valence-electron chi connectivity index (χ1n) is 16.5. The highest BCUT2D eigenvalue weighted by Crippen LogP contribution is 2.40. The molecule has 252 valence electrons. The molecular weight excluding hydrogens is 656 g/mol. The van der Waals surface area contributed by atoms with Crippen LogP contribution in [-0.2, 0) is 20.7 Å². The summed E-state index contributed by atoms with van der Waals surface area (Å²) in [7, 11) is -4.58. The van der Waals surface area contributed by atoms with Crippen molar-refractivity contribution in [3.05, 3.63) is 95.5 Å². The zero-order valence-corrected chi connectivity index (χ0v) is 27.9. The molecule has 3 atom stereocenters. The Bertz CT molecular complexity index is 1900. The second kappa shape index (κ2) is 13.0. The van der Waals surface area contributed by atoms with Crippen molar-refractivity contribution in [1.29, 1.82) is 0 Å². The van der Waals surface area contributed by atoms with E-state index in [0.717, 1.165) is 36.6 Å². The summed E-state index contributed by atoms with van der Waals surface area (Å²) < 4.78 is 69.3. The van der Waals surface area contributed by atoms with E-state index >= 15 is 8.78 Å². The summed E-state index contributed by atoms with van der Waals surface area (Å²) in [5.41, 5.74) is 7.17. The van der Waals surface area contributed by atoms with Crippen LogP contribution in [0.2, 0.25) is 5.02 Å². The van der Waals surface area contributed by atoms with Gasteiger partial charge in [0.2, 0.25) is 15.9 Å². The molecule has 2 bridgehead atoms. The topological polar surface area (TPSA) is 102 Å². The molecule has 3 N–H and O–H groups in total. The molecule has 7 nitrogen and oxygen atoms in total. The number of sulfonamides is 1. The third-order valence-electron chi connectivity index (χ3n) is 10.1. The normalized spacial score (nSPS) is 22.2. The van der Waals surface area contributed by atoms with E-state index in [0.29, 0.717) is 47.4 Å². The molecule has 4 aromatic rings. The minimum Gasteiger partial charge on any atom is -0.490 e. The van der Waals surface area contributed by atoms with Crippen LogP contribution in [0.15, 0.2) is 89.8 Å². The molecule has 3 fully saturated rings. The van der Waals surface area contributed by atoms with E-state index in [1.807, 2.05) is 6.07 Å². The van der Waals surface area contributed by atoms with E-state index < -0.39 is 33.5 Å². The van der Waals surface area contributed by atoms with Gasteiger partial charge in [-0.15, -0.1) is 0 Å². The average Bonchev–Trinajstić information content (AvgIpc) is 3.68. The van der Waals surface area contributed by atoms with Crippen molar-refractivity contribution >= 4 is 38.3 Å². The second-order valence-corrected chi connectivity index (χ2v) is 15.5. The molecule has 0 spiro atoms. The molecule has 3 aliphatic rings. The number of hydrogen-bond donors (Lipinski definition) is 2. The van der Waals surface area contributed by atoms with Crippen molar-refractivity contribution in [2.45, 2.75) is 92.5 Å². The molecule has 2 saturated heterocycles. The highest BCUT2D eigenvalue weighted by molar-refractivity contribution is 7.89. The molecule has 2 aliphatic heterocycles. The average molecular weight is 694 g/mol. The number of nitrogens with zero attached hydrogens (tertiary/aromatic N) is 1. The lowest BCUT2D eigenvalue weighted by Crippen LogP contribution is -2.60. The number of amides is 1. The maximum atomic E-state index is 16.6. The summed E-state index contributed by atoms with van der Waals surface area (Å²) in [5, 5.41) is 1.91. The summed E-state index contributed by atoms with van der Waals surface area (Å²) in [6.45, 7) is 0. The standard InChI is InChI=1S/C37H38ClF2N3O4S/c38-28-13-7-24(8-14-28)23-5-11-27(12-6-23)37(39,40)35(36(44)43-30-15-16-31(43)22-29(41)21-30)42-48(45,46)34-18-10-25-19-33(17-9-26(25)20-34)47-32-3-1-2-4-32/h5-14,17-20,29-32,35,42H,1-4,15-16,21-22,41H2/t29?,30?,31?,35-/m0/s1. The Kier molecular flexibility index (Phi) is 8.95. The highest BCUT2D eigenvalue weighted by atomic mass is 35.5. The lowest BCUT2D eigenvalue weighted by molar-refractivity contribution is -0.149. The van der Waals surface area contributed by atoms with Crippen molar-refractivity contribution in [2.75, 3.05) is 0 Å². The maximum absolute atomic E-state index is 16.6. The number of piperidine rings is 1. The summed E-state index contributed by atoms with van der Waals surface area (Å²) in [6, 6.07) is 19.2. The van der Waals surface area contributed by atoms with Gasteiger partial charge in [0.25, 0.3) is 5.92 Å². The van der Waals surface area contributed by atoms with E-state index in [2.05, 4.69) is 4.72 Å². The summed E-state index contributed by atoms with van der Waals surface area (Å²) in [6.07, 6.45) is 6.70. The predicted molar refractivity (Wildman–Crippen MR) is 183 cm³/mol. The van der Waals surface area contributed by atoms with Gasteiger partial charge in [0.05, 0.1) is 11.0 Å². The Labute approximate surface area is 284 Å². The molecule has 1 aliphatic carbocycles. The molecule has 11 heteroatoms. The molecule has 2 heterocycles. The van der Waals surface area contributed by atoms with Gasteiger partial charge < -0.3 is 15.4 Å². The summed E-state index contributed by atoms with van der Waals surface area (Å²) in [4.78, 5) is 15.4. The zero-order valence-electron chi connectivity index (χ0n) is 26.3. The van der Waals surface area contributed by atoms with Crippen LogP contribution >= 0.6 is 11.6 Å². The monoisotopic (exact) mass is 693 g/mol. The number of ether oxygens (including phenoxy) is 1. The van der Waals surface area contributed by atoms with Crippen LogP contribution in [0.3, 0.4) is 0 Å². The van der Waals surface area contributed by atoms with Crippen molar-refractivity contribution in [1.82, 2.24) is 9.62 Å². The number of hydrogen-bond acceptors (Lipinski definition) is 5. The van der Waals surface area contributed by atoms with Crippen LogP contribution in [0.1, 0.15) is 56.9 Å². The zero-order chi connectivity index (χ0) is 33.6. The van der Waals surface area contributed by atoms with Gasteiger partial charge in [0, 0.05) is 28.7 Å². The van der Waals surface area contributed by atoms with Crippen LogP contribution in [0.25, 0.3) is 21.9 Å². The molecule has 2 unspecified atom stereocenters. The van der Waals surface area contributed by atoms with Crippen LogP contribution < -0.4 is 15.2 Å². The van der Waals surface area contributed by atoms with Crippen LogP contribution in [-0.4, -0.2) is 49.5 Å². The van der Waals surface area contributed by atoms with Crippen LogP contribution in [0.5, 0.6) is 5.75 Å². The van der Waals surface area contributed by atoms with Gasteiger partial charge in [-0.2, -0.15) is 13.5 Å². The first-order chi connectivity index (χ1) is 23.0. The van der Waals surface area contributed by atoms with E-state index in [1.165, 1.54) is 41.3 Å². The van der Waals surface area contributed by atoms with E-state index in [-0.39, 0.29) is 29.1 Å². The van der Waals surface area contributed by atoms with Crippen LogP contribution in [0.4, 0.5) is 8.78 Å². The quantitative estimate of drug-likeness (QED) is 0.190. The highest BCUT2D eigenvalue weighted by Gasteiger charge is 2.53. The van der Waals surface area contributed by atoms with Crippen molar-refractivity contribution in [3.63, 3.8) is 0 Å². The Hall–Kier alpha value is -3.57. The summed E-state index contributed by atoms with van der Waals surface area (Å²) in [5.74, 6) is -4.13. The van der Waals surface area contributed by atoms with Gasteiger partial charge in [-0.05, 0) is 110 Å². The first-order valence-corrected chi connectivity index (χ1v) is 18.4. The molecule has 48 heavy (non-hydrogen) atoms. The fourth-order valence-electron chi connectivity index (χ4n) is 7.57. The minimum absolute atomic E-state index is 0.135. The SMILES string of the molecule is NC1CC2CCC(C1)N2C(=O)[C@H](NS(=O)(=O)c1ccc2cc(OC3CCCC3)ccc2c1)C(F)(F)c1ccc(-c2ccc(Cl)cc2)cc1. The Morgan fingerprint density at radius 3 is 2.08 bits per heavy atom.